The second kappa shape index (κ2) is 44.3. The summed E-state index contributed by atoms with van der Waals surface area (Å²) in [5, 5.41) is 41.3. The number of esters is 2. The molecule has 1 aliphatic heterocycles. The van der Waals surface area contributed by atoms with Crippen LogP contribution in [0.5, 0.6) is 0 Å². The largest absolute Gasteiger partial charge is 0.506 e. The van der Waals surface area contributed by atoms with E-state index in [4.69, 9.17) is 47.7 Å². The number of carboxylic acids is 1. The number of hydrogen-bond donors (Lipinski definition) is 5. The molecule has 0 amide bonds. The highest BCUT2D eigenvalue weighted by molar-refractivity contribution is 14.1. The summed E-state index contributed by atoms with van der Waals surface area (Å²) in [6, 6.07) is 45.2. The Hall–Kier alpha value is -14.6. The zero-order valence-corrected chi connectivity index (χ0v) is 88.6. The number of fused-ring (bicyclic) bond motifs is 8. The summed E-state index contributed by atoms with van der Waals surface area (Å²) in [7, 11) is 0.749. The number of halogens is 1. The number of Topliss-reactive ketones (excluding diaryl/α,β-unsaturated/α-hetero) is 4. The van der Waals surface area contributed by atoms with E-state index in [0.29, 0.717) is 87.3 Å². The van der Waals surface area contributed by atoms with Gasteiger partial charge in [0.1, 0.15) is 52.8 Å². The molecular formula is C105H114BIN10O26S2. The van der Waals surface area contributed by atoms with Crippen molar-refractivity contribution in [3.63, 3.8) is 0 Å². The minimum Gasteiger partial charge on any atom is -0.478 e. The number of nitrogens with one attached hydrogen (secondary N) is 2. The van der Waals surface area contributed by atoms with Gasteiger partial charge in [-0.1, -0.05) is 6.07 Å². The average molecular weight is 2130 g/mol. The van der Waals surface area contributed by atoms with Crippen molar-refractivity contribution < 1.29 is 125 Å². The van der Waals surface area contributed by atoms with E-state index in [1.54, 1.807) is 200 Å². The van der Waals surface area contributed by atoms with Crippen molar-refractivity contribution in [1.29, 1.82) is 0 Å². The standard InChI is InChI=1S/C27H29N3O7S.C17H21NO4.C15H18BNO5.C15H17NO3.C12H13IN2O4S.C10H9NO.C9H7NO2/c1-14(31)15-9-10-17-16(11-15)12-18(29(17)24(33)36-26(2,3)4)21-22-19(13-20(38-22)23(32)35-8)30(28-21)25(34)37-27(5,6)7;1-16(2,3)22-15(19)18-8-7-12-11-13(5-6-14(12)18)17(4)20-9-10-21-17;1-9(18)10-5-6-12-11(7-10)8-13(16(20)21)17(12)14(19)22-15(2,3)4;1-10(17)11-5-6-13-12(9-11)7-8-16(13)14(18)19-15(2,3)4;1-12(2,3)19-11(17)15-6-5-7(10(16)18-4)20-8(6)9(13)14-15;1-7(12)8-2-3-10-9(6-8)4-5-11-10;11-9(12)7-1-2-8-6(5-7)3-4-10-8/h9-13H,1-8H3;5-8,11H,9-10H2,1-4H3;5-8,20-21H,1-4H3;5-9H,1-4H3;5H,1-4H3;2-6,11H,1H3;1-5,10H,(H,11,12). The summed E-state index contributed by atoms with van der Waals surface area (Å²) in [5.41, 5.74) is 5.59. The maximum atomic E-state index is 13.4. The number of carboxylic acid groups (broad SMARTS) is 1. The molecule has 0 spiro atoms. The van der Waals surface area contributed by atoms with Crippen LogP contribution in [0.2, 0.25) is 0 Å². The minimum atomic E-state index is -1.83. The molecule has 11 heterocycles. The van der Waals surface area contributed by atoms with Gasteiger partial charge in [-0.2, -0.15) is 19.6 Å². The Bertz CT molecular complexity index is 7600. The van der Waals surface area contributed by atoms with E-state index in [0.717, 1.165) is 80.0 Å². The number of rotatable bonds is 10. The van der Waals surface area contributed by atoms with Crippen LogP contribution < -0.4 is 5.59 Å². The van der Waals surface area contributed by atoms with Gasteiger partial charge in [-0.15, -0.1) is 22.7 Å². The number of ether oxygens (including phenoxy) is 10. The third-order valence-electron chi connectivity index (χ3n) is 20.8. The normalized spacial score (nSPS) is 12.5. The van der Waals surface area contributed by atoms with Gasteiger partial charge >= 0.3 is 61.6 Å². The molecule has 145 heavy (non-hydrogen) atoms. The molecular weight excluding hydrogens is 2020 g/mol. The first-order valence-corrected chi connectivity index (χ1v) is 48.1. The van der Waals surface area contributed by atoms with Crippen molar-refractivity contribution >= 4 is 221 Å². The van der Waals surface area contributed by atoms with Gasteiger partial charge in [-0.05, 0) is 333 Å². The highest BCUT2D eigenvalue weighted by Gasteiger charge is 2.36. The van der Waals surface area contributed by atoms with E-state index < -0.39 is 94.9 Å². The first kappa shape index (κ1) is 111. The fourth-order valence-corrected chi connectivity index (χ4v) is 17.2. The van der Waals surface area contributed by atoms with Gasteiger partial charge in [0, 0.05) is 96.0 Å². The molecule has 0 aliphatic carbocycles. The first-order valence-electron chi connectivity index (χ1n) is 45.4. The lowest BCUT2D eigenvalue weighted by Crippen LogP contribution is -2.40. The average Bonchev–Trinajstić information content (AvgIpc) is 1.57. The Morgan fingerprint density at radius 2 is 0.745 bits per heavy atom. The summed E-state index contributed by atoms with van der Waals surface area (Å²) in [4.78, 5) is 162. The van der Waals surface area contributed by atoms with Crippen molar-refractivity contribution in [2.45, 2.75) is 199 Å². The van der Waals surface area contributed by atoms with Crippen LogP contribution in [-0.4, -0.2) is 209 Å². The molecule has 0 bridgehead atoms. The van der Waals surface area contributed by atoms with Gasteiger partial charge in [-0.3, -0.25) is 32.9 Å². The van der Waals surface area contributed by atoms with Crippen LogP contribution in [0.15, 0.2) is 183 Å². The van der Waals surface area contributed by atoms with Crippen LogP contribution in [0.4, 0.5) is 28.8 Å². The topological polar surface area (TPSA) is 462 Å². The third-order valence-corrected chi connectivity index (χ3v) is 24.1. The number of benzene rings is 6. The zero-order chi connectivity index (χ0) is 107. The summed E-state index contributed by atoms with van der Waals surface area (Å²) in [6.07, 6.45) is 3.55. The molecule has 762 valence electrons. The van der Waals surface area contributed by atoms with Crippen molar-refractivity contribution in [2.24, 2.45) is 0 Å². The van der Waals surface area contributed by atoms with Gasteiger partial charge < -0.3 is 72.5 Å². The first-order chi connectivity index (χ1) is 67.5. The molecule has 6 aromatic carbocycles. The van der Waals surface area contributed by atoms with Crippen LogP contribution >= 0.6 is 45.3 Å². The number of carbonyl (C=O) groups excluding carboxylic acids is 12. The molecule has 0 atom stereocenters. The molecule has 0 unspecified atom stereocenters. The van der Waals surface area contributed by atoms with Gasteiger partial charge in [0.05, 0.1) is 86.8 Å². The van der Waals surface area contributed by atoms with Gasteiger partial charge in [-0.25, -0.2) is 47.7 Å². The van der Waals surface area contributed by atoms with Gasteiger partial charge in [0.2, 0.25) is 0 Å². The molecule has 1 aliphatic rings. The van der Waals surface area contributed by atoms with E-state index in [2.05, 4.69) is 24.9 Å². The molecule has 16 aromatic rings. The van der Waals surface area contributed by atoms with Crippen molar-refractivity contribution in [2.75, 3.05) is 27.4 Å². The van der Waals surface area contributed by atoms with Crippen LogP contribution in [0.25, 0.3) is 97.2 Å². The van der Waals surface area contributed by atoms with Gasteiger partial charge in [0.25, 0.3) is 0 Å². The molecule has 10 aromatic heterocycles. The van der Waals surface area contributed by atoms with Crippen LogP contribution in [0, 0.1) is 3.70 Å². The summed E-state index contributed by atoms with van der Waals surface area (Å²) in [6.45, 7) is 41.1. The van der Waals surface area contributed by atoms with Crippen LogP contribution in [0.3, 0.4) is 0 Å². The maximum absolute atomic E-state index is 13.4. The number of H-pyrrole nitrogens is 2. The summed E-state index contributed by atoms with van der Waals surface area (Å²) >= 11 is 4.33. The van der Waals surface area contributed by atoms with E-state index in [1.165, 1.54) is 76.8 Å². The monoisotopic (exact) mass is 2130 g/mol. The molecule has 17 rings (SSSR count). The van der Waals surface area contributed by atoms with Gasteiger partial charge in [0.15, 0.2) is 28.9 Å². The second-order valence-electron chi connectivity index (χ2n) is 39.3. The van der Waals surface area contributed by atoms with Crippen LogP contribution in [-0.2, 0) is 53.2 Å². The number of methoxy groups -OCH3 is 2. The SMILES string of the molecule is CC(=O)c1ccc2[nH]ccc2c1.CC(=O)c1ccc2c(c1)cc(B(O)O)n2C(=O)OC(C)(C)C.CC(=O)c1ccc2c(ccn2C(=O)OC(C)(C)C)c1.CC(C)(C)OC(=O)n1ccc2cc(C3(C)OCCO3)ccc21.COC(=O)c1cc2c(s1)c(-c1cc3cc(C(C)=O)ccc3n1C(=O)OC(C)(C)C)nn2C(=O)OC(C)(C)C.COC(=O)c1cc2c(s1)c(I)nn2C(=O)OC(C)(C)C.O=C(O)c1ccc2[nH]ccc2c1. The smallest absolute Gasteiger partial charge is 0.478 e. The van der Waals surface area contributed by atoms with Crippen molar-refractivity contribution in [1.82, 2.24) is 47.8 Å². The molecule has 40 heteroatoms. The Morgan fingerprint density at radius 1 is 0.393 bits per heavy atom. The van der Waals surface area contributed by atoms with E-state index >= 15 is 0 Å². The molecule has 0 saturated carbocycles. The number of thiophene rings is 2. The minimum absolute atomic E-state index is 0.00641. The third kappa shape index (κ3) is 27.9. The zero-order valence-electron chi connectivity index (χ0n) is 84.8. The Balaban J connectivity index is 0.000000166. The number of nitrogens with zero attached hydrogens (tertiary/aromatic N) is 8. The van der Waals surface area contributed by atoms with E-state index in [-0.39, 0.29) is 45.4 Å². The Morgan fingerprint density at radius 3 is 1.17 bits per heavy atom. The predicted octanol–water partition coefficient (Wildman–Crippen LogP) is 22.4. The molecule has 5 N–H and O–H groups in total. The highest BCUT2D eigenvalue weighted by Crippen LogP contribution is 2.41. The highest BCUT2D eigenvalue weighted by atomic mass is 127. The van der Waals surface area contributed by atoms with Crippen molar-refractivity contribution in [3.05, 3.63) is 229 Å². The molecule has 1 saturated heterocycles. The molecule has 36 nitrogen and oxygen atoms in total. The molecule has 0 radical (unpaired) electrons. The maximum Gasteiger partial charge on any atom is 0.506 e. The summed E-state index contributed by atoms with van der Waals surface area (Å²) in [5.74, 6) is -2.73. The Labute approximate surface area is 855 Å². The number of hydrogen-bond acceptors (Lipinski definition) is 29. The fourth-order valence-electron chi connectivity index (χ4n) is 14.4. The second-order valence-corrected chi connectivity index (χ2v) is 42.4. The van der Waals surface area contributed by atoms with Crippen LogP contribution in [0.1, 0.15) is 236 Å². The molecule has 1 fully saturated rings. The van der Waals surface area contributed by atoms with E-state index in [9.17, 15) is 72.4 Å². The van der Waals surface area contributed by atoms with Crippen molar-refractivity contribution in [3.8, 4) is 11.4 Å². The lowest BCUT2D eigenvalue weighted by molar-refractivity contribution is -0.149. The number of aromatic carboxylic acids is 1. The quantitative estimate of drug-likeness (QED) is 0.0279. The number of carbonyl (C=O) groups is 13. The number of aromatic nitrogens is 10. The fraction of sp³-hybridized carbons (Fsp3) is 0.324. The van der Waals surface area contributed by atoms with E-state index in [1.807, 2.05) is 132 Å². The number of aromatic amines is 2. The lowest BCUT2D eigenvalue weighted by Gasteiger charge is -2.23. The predicted molar refractivity (Wildman–Crippen MR) is 560 cm³/mol. The lowest BCUT2D eigenvalue weighted by atomic mass is 9.86. The Kier molecular flexibility index (Phi) is 33.9. The summed E-state index contributed by atoms with van der Waals surface area (Å²) < 4.78 is 63.0. The number of ketones is 4.